The van der Waals surface area contributed by atoms with Gasteiger partial charge in [-0.25, -0.2) is 4.79 Å². The molecular weight excluding hydrogens is 290 g/mol. The minimum Gasteiger partial charge on any atom is -0.461 e. The number of benzene rings is 1. The summed E-state index contributed by atoms with van der Waals surface area (Å²) in [7, 11) is 0. The van der Waals surface area contributed by atoms with Crippen LogP contribution in [0.5, 0.6) is 0 Å². The second-order valence-electron chi connectivity index (χ2n) is 6.02. The molecule has 5 nitrogen and oxygen atoms in total. The van der Waals surface area contributed by atoms with Gasteiger partial charge in [-0.2, -0.15) is 0 Å². The maximum atomic E-state index is 11.9. The lowest BCUT2D eigenvalue weighted by Crippen LogP contribution is -2.37. The van der Waals surface area contributed by atoms with Gasteiger partial charge >= 0.3 is 5.97 Å². The van der Waals surface area contributed by atoms with Crippen LogP contribution >= 0.6 is 0 Å². The highest BCUT2D eigenvalue weighted by atomic mass is 16.5. The van der Waals surface area contributed by atoms with Crippen LogP contribution in [0.3, 0.4) is 0 Å². The summed E-state index contributed by atoms with van der Waals surface area (Å²) in [5.74, 6) is -0.296. The molecule has 1 aliphatic heterocycles. The first kappa shape index (κ1) is 15.9. The van der Waals surface area contributed by atoms with E-state index in [-0.39, 0.29) is 5.97 Å². The maximum Gasteiger partial charge on any atom is 0.354 e. The SMILES string of the molecule is CCCN(c1ccc2[nH]c(C(=O)OCC)cc2c1)C1CCNC1. The molecule has 0 aliphatic carbocycles. The van der Waals surface area contributed by atoms with Crippen molar-refractivity contribution in [2.24, 2.45) is 0 Å². The number of esters is 1. The second kappa shape index (κ2) is 7.04. The Balaban J connectivity index is 1.89. The molecule has 2 N–H and O–H groups in total. The van der Waals surface area contributed by atoms with E-state index in [0.717, 1.165) is 37.0 Å². The summed E-state index contributed by atoms with van der Waals surface area (Å²) in [6.45, 7) is 7.59. The fourth-order valence-electron chi connectivity index (χ4n) is 3.29. The molecule has 0 spiro atoms. The van der Waals surface area contributed by atoms with Gasteiger partial charge in [0, 0.05) is 35.7 Å². The molecule has 5 heteroatoms. The highest BCUT2D eigenvalue weighted by Crippen LogP contribution is 2.26. The van der Waals surface area contributed by atoms with Gasteiger partial charge in [0.05, 0.1) is 6.61 Å². The van der Waals surface area contributed by atoms with Crippen molar-refractivity contribution >= 4 is 22.6 Å². The van der Waals surface area contributed by atoms with Crippen molar-refractivity contribution in [3.05, 3.63) is 30.0 Å². The number of nitrogens with zero attached hydrogens (tertiary/aromatic N) is 1. The Kier molecular flexibility index (Phi) is 4.86. The molecule has 1 aliphatic rings. The first-order chi connectivity index (χ1) is 11.2. The summed E-state index contributed by atoms with van der Waals surface area (Å²) < 4.78 is 5.07. The van der Waals surface area contributed by atoms with Crippen molar-refractivity contribution in [3.8, 4) is 0 Å². The van der Waals surface area contributed by atoms with Crippen molar-refractivity contribution in [1.82, 2.24) is 10.3 Å². The maximum absolute atomic E-state index is 11.9. The lowest BCUT2D eigenvalue weighted by molar-refractivity contribution is 0.0520. The number of aromatic nitrogens is 1. The summed E-state index contributed by atoms with van der Waals surface area (Å²) >= 11 is 0. The van der Waals surface area contributed by atoms with Crippen LogP contribution in [0, 0.1) is 0 Å². The van der Waals surface area contributed by atoms with Gasteiger partial charge in [0.25, 0.3) is 0 Å². The Morgan fingerprint density at radius 1 is 1.35 bits per heavy atom. The van der Waals surface area contributed by atoms with Gasteiger partial charge in [-0.3, -0.25) is 0 Å². The van der Waals surface area contributed by atoms with E-state index in [9.17, 15) is 4.79 Å². The van der Waals surface area contributed by atoms with Crippen LogP contribution in [-0.2, 0) is 4.74 Å². The minimum absolute atomic E-state index is 0.296. The normalized spacial score (nSPS) is 17.6. The third kappa shape index (κ3) is 3.34. The zero-order chi connectivity index (χ0) is 16.2. The van der Waals surface area contributed by atoms with E-state index >= 15 is 0 Å². The molecule has 0 bridgehead atoms. The van der Waals surface area contributed by atoms with Gasteiger partial charge in [0.2, 0.25) is 0 Å². The number of hydrogen-bond donors (Lipinski definition) is 2. The van der Waals surface area contributed by atoms with Gasteiger partial charge in [-0.15, -0.1) is 0 Å². The molecule has 1 atom stereocenters. The zero-order valence-corrected chi connectivity index (χ0v) is 13.9. The molecule has 0 amide bonds. The van der Waals surface area contributed by atoms with E-state index in [0.29, 0.717) is 18.3 Å². The Hall–Kier alpha value is -2.01. The van der Waals surface area contributed by atoms with Crippen LogP contribution in [0.4, 0.5) is 5.69 Å². The first-order valence-corrected chi connectivity index (χ1v) is 8.50. The van der Waals surface area contributed by atoms with Gasteiger partial charge in [-0.1, -0.05) is 6.92 Å². The molecule has 2 aromatic rings. The summed E-state index contributed by atoms with van der Waals surface area (Å²) in [6, 6.07) is 8.80. The standard InChI is InChI=1S/C18H25N3O2/c1-3-9-21(15-7-8-19-12-15)14-5-6-16-13(10-14)11-17(20-16)18(22)23-4-2/h5-6,10-11,15,19-20H,3-4,7-9,12H2,1-2H3. The van der Waals surface area contributed by atoms with Crippen LogP contribution < -0.4 is 10.2 Å². The number of carbonyl (C=O) groups excluding carboxylic acids is 1. The first-order valence-electron chi connectivity index (χ1n) is 8.50. The highest BCUT2D eigenvalue weighted by Gasteiger charge is 2.22. The zero-order valence-electron chi connectivity index (χ0n) is 13.9. The van der Waals surface area contributed by atoms with Crippen molar-refractivity contribution in [2.45, 2.75) is 32.7 Å². The average molecular weight is 315 g/mol. The van der Waals surface area contributed by atoms with Crippen LogP contribution in [0.15, 0.2) is 24.3 Å². The lowest BCUT2D eigenvalue weighted by atomic mass is 10.1. The van der Waals surface area contributed by atoms with E-state index in [1.54, 1.807) is 0 Å². The molecule has 1 fully saturated rings. The molecule has 1 unspecified atom stereocenters. The molecule has 23 heavy (non-hydrogen) atoms. The molecule has 1 saturated heterocycles. The lowest BCUT2D eigenvalue weighted by Gasteiger charge is -2.30. The molecule has 2 heterocycles. The van der Waals surface area contributed by atoms with Crippen LogP contribution in [0.1, 0.15) is 37.2 Å². The van der Waals surface area contributed by atoms with E-state index in [2.05, 4.69) is 40.3 Å². The fraction of sp³-hybridized carbons (Fsp3) is 0.500. The largest absolute Gasteiger partial charge is 0.461 e. The number of rotatable bonds is 6. The van der Waals surface area contributed by atoms with Gasteiger partial charge in [0.15, 0.2) is 0 Å². The summed E-state index contributed by atoms with van der Waals surface area (Å²) in [6.07, 6.45) is 2.30. The van der Waals surface area contributed by atoms with Crippen LogP contribution in [0.2, 0.25) is 0 Å². The molecule has 0 saturated carbocycles. The number of H-pyrrole nitrogens is 1. The van der Waals surface area contributed by atoms with E-state index in [4.69, 9.17) is 4.74 Å². The smallest absolute Gasteiger partial charge is 0.354 e. The van der Waals surface area contributed by atoms with E-state index < -0.39 is 0 Å². The van der Waals surface area contributed by atoms with E-state index in [1.165, 1.54) is 12.1 Å². The molecule has 1 aromatic heterocycles. The number of nitrogens with one attached hydrogen (secondary N) is 2. The summed E-state index contributed by atoms with van der Waals surface area (Å²) in [4.78, 5) is 17.5. The molecule has 3 rings (SSSR count). The van der Waals surface area contributed by atoms with Gasteiger partial charge in [-0.05, 0) is 50.6 Å². The van der Waals surface area contributed by atoms with Crippen LogP contribution in [-0.4, -0.2) is 43.2 Å². The molecular formula is C18H25N3O2. The Morgan fingerprint density at radius 2 is 2.22 bits per heavy atom. The Morgan fingerprint density at radius 3 is 2.91 bits per heavy atom. The predicted octanol–water partition coefficient (Wildman–Crippen LogP) is 2.92. The number of aromatic amines is 1. The van der Waals surface area contributed by atoms with Gasteiger partial charge in [0.1, 0.15) is 5.69 Å². The summed E-state index contributed by atoms with van der Waals surface area (Å²) in [5, 5.41) is 4.50. The topological polar surface area (TPSA) is 57.4 Å². The van der Waals surface area contributed by atoms with Crippen molar-refractivity contribution < 1.29 is 9.53 Å². The molecule has 124 valence electrons. The van der Waals surface area contributed by atoms with E-state index in [1.807, 2.05) is 13.0 Å². The minimum atomic E-state index is -0.296. The predicted molar refractivity (Wildman–Crippen MR) is 93.2 cm³/mol. The molecule has 1 aromatic carbocycles. The quantitative estimate of drug-likeness (QED) is 0.805. The molecule has 0 radical (unpaired) electrons. The second-order valence-corrected chi connectivity index (χ2v) is 6.02. The fourth-order valence-corrected chi connectivity index (χ4v) is 3.29. The van der Waals surface area contributed by atoms with Crippen molar-refractivity contribution in [2.75, 3.05) is 31.1 Å². The number of anilines is 1. The Bertz CT molecular complexity index is 674. The summed E-state index contributed by atoms with van der Waals surface area (Å²) in [5.41, 5.74) is 2.71. The number of ether oxygens (including phenoxy) is 1. The van der Waals surface area contributed by atoms with Crippen molar-refractivity contribution in [3.63, 3.8) is 0 Å². The van der Waals surface area contributed by atoms with Gasteiger partial charge < -0.3 is 19.9 Å². The number of hydrogen-bond acceptors (Lipinski definition) is 4. The number of fused-ring (bicyclic) bond motifs is 1. The monoisotopic (exact) mass is 315 g/mol. The third-order valence-corrected chi connectivity index (χ3v) is 4.37. The Labute approximate surface area is 137 Å². The van der Waals surface area contributed by atoms with Crippen molar-refractivity contribution in [1.29, 1.82) is 0 Å². The third-order valence-electron chi connectivity index (χ3n) is 4.37. The van der Waals surface area contributed by atoms with Crippen LogP contribution in [0.25, 0.3) is 10.9 Å². The number of carbonyl (C=O) groups is 1. The highest BCUT2D eigenvalue weighted by molar-refractivity contribution is 5.95. The average Bonchev–Trinajstić information content (AvgIpc) is 3.21.